The van der Waals surface area contributed by atoms with E-state index in [9.17, 15) is 15.0 Å². The summed E-state index contributed by atoms with van der Waals surface area (Å²) in [5, 5.41) is 18.9. The third-order valence-electron chi connectivity index (χ3n) is 2.77. The average Bonchev–Trinajstić information content (AvgIpc) is 2.47. The lowest BCUT2D eigenvalue weighted by molar-refractivity contribution is 0.104. The Balaban J connectivity index is 2.22. The minimum atomic E-state index is -0.388. The molecule has 4 heteroatoms. The average molecular weight is 270 g/mol. The summed E-state index contributed by atoms with van der Waals surface area (Å²) in [6.45, 7) is 0. The second-order valence-corrected chi connectivity index (χ2v) is 4.18. The molecular formula is C16H14O4. The zero-order valence-corrected chi connectivity index (χ0v) is 10.9. The molecule has 102 valence electrons. The van der Waals surface area contributed by atoms with Crippen LogP contribution in [0.25, 0.3) is 6.08 Å². The van der Waals surface area contributed by atoms with Gasteiger partial charge in [0, 0.05) is 0 Å². The van der Waals surface area contributed by atoms with Crippen molar-refractivity contribution in [3.05, 3.63) is 59.7 Å². The van der Waals surface area contributed by atoms with Crippen molar-refractivity contribution in [2.45, 2.75) is 0 Å². The third-order valence-corrected chi connectivity index (χ3v) is 2.77. The van der Waals surface area contributed by atoms with Crippen LogP contribution in [0.15, 0.2) is 48.5 Å². The fourth-order valence-electron chi connectivity index (χ4n) is 1.73. The van der Waals surface area contributed by atoms with Crippen LogP contribution in [0, 0.1) is 0 Å². The Labute approximate surface area is 116 Å². The van der Waals surface area contributed by atoms with Crippen molar-refractivity contribution in [3.8, 4) is 17.2 Å². The third kappa shape index (κ3) is 3.17. The molecule has 0 saturated carbocycles. The number of allylic oxidation sites excluding steroid dienone is 1. The smallest absolute Gasteiger partial charge is 0.189 e. The molecule has 0 aliphatic heterocycles. The molecule has 0 fully saturated rings. The van der Waals surface area contributed by atoms with Gasteiger partial charge in [0.2, 0.25) is 0 Å². The maximum Gasteiger partial charge on any atom is 0.189 e. The van der Waals surface area contributed by atoms with Gasteiger partial charge in [0.1, 0.15) is 17.2 Å². The number of phenolic OH excluding ortho intramolecular Hbond substituents is 2. The van der Waals surface area contributed by atoms with E-state index in [0.717, 1.165) is 5.56 Å². The van der Waals surface area contributed by atoms with Crippen molar-refractivity contribution < 1.29 is 19.7 Å². The van der Waals surface area contributed by atoms with Crippen molar-refractivity contribution >= 4 is 11.9 Å². The highest BCUT2D eigenvalue weighted by Gasteiger charge is 2.08. The van der Waals surface area contributed by atoms with Crippen LogP contribution < -0.4 is 4.74 Å². The molecule has 0 aromatic heterocycles. The van der Waals surface area contributed by atoms with Crippen LogP contribution in [0.2, 0.25) is 0 Å². The summed E-state index contributed by atoms with van der Waals surface area (Å²) < 4.78 is 5.09. The van der Waals surface area contributed by atoms with Gasteiger partial charge in [-0.1, -0.05) is 18.2 Å². The fraction of sp³-hybridized carbons (Fsp3) is 0.0625. The van der Waals surface area contributed by atoms with E-state index in [1.165, 1.54) is 24.3 Å². The maximum absolute atomic E-state index is 12.0. The number of hydrogen-bond acceptors (Lipinski definition) is 4. The van der Waals surface area contributed by atoms with E-state index in [0.29, 0.717) is 5.75 Å². The Morgan fingerprint density at radius 2 is 1.95 bits per heavy atom. The van der Waals surface area contributed by atoms with Gasteiger partial charge in [-0.15, -0.1) is 0 Å². The minimum absolute atomic E-state index is 0.0594. The topological polar surface area (TPSA) is 66.8 Å². The second-order valence-electron chi connectivity index (χ2n) is 4.18. The quantitative estimate of drug-likeness (QED) is 0.509. The molecule has 4 nitrogen and oxygen atoms in total. The highest BCUT2D eigenvalue weighted by Crippen LogP contribution is 2.23. The summed E-state index contributed by atoms with van der Waals surface area (Å²) >= 11 is 0. The monoisotopic (exact) mass is 270 g/mol. The molecule has 2 aromatic rings. The maximum atomic E-state index is 12.0. The van der Waals surface area contributed by atoms with E-state index in [1.54, 1.807) is 25.3 Å². The van der Waals surface area contributed by atoms with Crippen molar-refractivity contribution in [2.24, 2.45) is 0 Å². The van der Waals surface area contributed by atoms with Gasteiger partial charge < -0.3 is 14.9 Å². The van der Waals surface area contributed by atoms with Crippen molar-refractivity contribution in [1.82, 2.24) is 0 Å². The van der Waals surface area contributed by atoms with Crippen LogP contribution in [-0.2, 0) is 0 Å². The van der Waals surface area contributed by atoms with Gasteiger partial charge in [-0.05, 0) is 42.0 Å². The van der Waals surface area contributed by atoms with Crippen LogP contribution in [0.1, 0.15) is 15.9 Å². The number of hydrogen-bond donors (Lipinski definition) is 2. The van der Waals surface area contributed by atoms with E-state index in [-0.39, 0.29) is 22.8 Å². The molecule has 0 atom stereocenters. The lowest BCUT2D eigenvalue weighted by Gasteiger charge is -2.02. The molecular weight excluding hydrogens is 256 g/mol. The van der Waals surface area contributed by atoms with Crippen LogP contribution in [0.3, 0.4) is 0 Å². The van der Waals surface area contributed by atoms with E-state index in [4.69, 9.17) is 4.74 Å². The molecule has 2 aromatic carbocycles. The second kappa shape index (κ2) is 5.93. The number of benzene rings is 2. The lowest BCUT2D eigenvalue weighted by Crippen LogP contribution is -1.94. The zero-order valence-electron chi connectivity index (χ0n) is 10.9. The minimum Gasteiger partial charge on any atom is -0.508 e. The number of ketones is 1. The number of carbonyl (C=O) groups excluding carboxylic acids is 1. The number of methoxy groups -OCH3 is 1. The van der Waals surface area contributed by atoms with Gasteiger partial charge in [0.15, 0.2) is 5.78 Å². The normalized spacial score (nSPS) is 10.7. The Morgan fingerprint density at radius 3 is 2.70 bits per heavy atom. The first-order valence-corrected chi connectivity index (χ1v) is 5.98. The molecule has 0 aliphatic carbocycles. The largest absolute Gasteiger partial charge is 0.508 e. The summed E-state index contributed by atoms with van der Waals surface area (Å²) in [6, 6.07) is 11.1. The van der Waals surface area contributed by atoms with Crippen LogP contribution in [0.5, 0.6) is 17.2 Å². The fourth-order valence-corrected chi connectivity index (χ4v) is 1.73. The molecule has 0 bridgehead atoms. The molecule has 0 heterocycles. The Bertz CT molecular complexity index is 659. The number of rotatable bonds is 4. The van der Waals surface area contributed by atoms with Gasteiger partial charge in [0.25, 0.3) is 0 Å². The molecule has 20 heavy (non-hydrogen) atoms. The van der Waals surface area contributed by atoms with Gasteiger partial charge in [-0.3, -0.25) is 4.79 Å². The Kier molecular flexibility index (Phi) is 4.05. The Morgan fingerprint density at radius 1 is 1.15 bits per heavy atom. The van der Waals surface area contributed by atoms with Crippen molar-refractivity contribution in [3.63, 3.8) is 0 Å². The molecule has 0 unspecified atom stereocenters. The standard InChI is InChI=1S/C16H14O4/c1-20-13-4-2-3-11(9-13)5-7-15(18)14-10-12(17)6-8-16(14)19/h2-10,17,19H,1H3. The van der Waals surface area contributed by atoms with Crippen LogP contribution in [-0.4, -0.2) is 23.1 Å². The van der Waals surface area contributed by atoms with E-state index in [1.807, 2.05) is 12.1 Å². The van der Waals surface area contributed by atoms with Gasteiger partial charge >= 0.3 is 0 Å². The van der Waals surface area contributed by atoms with Crippen molar-refractivity contribution in [1.29, 1.82) is 0 Å². The van der Waals surface area contributed by atoms with E-state index < -0.39 is 0 Å². The first-order chi connectivity index (χ1) is 9.60. The van der Waals surface area contributed by atoms with Gasteiger partial charge in [0.05, 0.1) is 12.7 Å². The van der Waals surface area contributed by atoms with Crippen molar-refractivity contribution in [2.75, 3.05) is 7.11 Å². The number of ether oxygens (including phenoxy) is 1. The molecule has 0 amide bonds. The molecule has 0 aliphatic rings. The van der Waals surface area contributed by atoms with E-state index >= 15 is 0 Å². The molecule has 0 radical (unpaired) electrons. The summed E-state index contributed by atoms with van der Waals surface area (Å²) in [5.41, 5.74) is 0.862. The Hall–Kier alpha value is -2.75. The first kappa shape index (κ1) is 13.7. The lowest BCUT2D eigenvalue weighted by atomic mass is 10.1. The number of carbonyl (C=O) groups is 1. The number of phenols is 2. The van der Waals surface area contributed by atoms with E-state index in [2.05, 4.69) is 0 Å². The predicted molar refractivity (Wildman–Crippen MR) is 76.1 cm³/mol. The summed E-state index contributed by atoms with van der Waals surface area (Å²) in [6.07, 6.45) is 2.96. The number of aromatic hydroxyl groups is 2. The SMILES string of the molecule is COc1cccc(C=CC(=O)c2cc(O)ccc2O)c1. The van der Waals surface area contributed by atoms with Crippen LogP contribution >= 0.6 is 0 Å². The highest BCUT2D eigenvalue weighted by atomic mass is 16.5. The zero-order chi connectivity index (χ0) is 14.5. The molecule has 0 spiro atoms. The predicted octanol–water partition coefficient (Wildman–Crippen LogP) is 3.00. The molecule has 2 rings (SSSR count). The van der Waals surface area contributed by atoms with Gasteiger partial charge in [-0.2, -0.15) is 0 Å². The molecule has 2 N–H and O–H groups in total. The first-order valence-electron chi connectivity index (χ1n) is 5.98. The van der Waals surface area contributed by atoms with Gasteiger partial charge in [-0.25, -0.2) is 0 Å². The summed E-state index contributed by atoms with van der Waals surface area (Å²) in [4.78, 5) is 12.0. The highest BCUT2D eigenvalue weighted by molar-refractivity contribution is 6.08. The molecule has 0 saturated heterocycles. The summed E-state index contributed by atoms with van der Waals surface area (Å²) in [7, 11) is 1.57. The van der Waals surface area contributed by atoms with Crippen LogP contribution in [0.4, 0.5) is 0 Å². The summed E-state index contributed by atoms with van der Waals surface area (Å²) in [5.74, 6) is 0.0741.